The highest BCUT2D eigenvalue weighted by Crippen LogP contribution is 2.30. The minimum Gasteiger partial charge on any atom is -0.493 e. The first-order chi connectivity index (χ1) is 11.5. The number of aryl methyl sites for hydroxylation is 2. The van der Waals surface area contributed by atoms with E-state index in [4.69, 9.17) is 14.2 Å². The van der Waals surface area contributed by atoms with Crippen LogP contribution in [0.3, 0.4) is 0 Å². The van der Waals surface area contributed by atoms with E-state index in [1.807, 2.05) is 50.2 Å². The Hall–Kier alpha value is -2.69. The Morgan fingerprint density at radius 2 is 1.62 bits per heavy atom. The van der Waals surface area contributed by atoms with Gasteiger partial charge in [0.05, 0.1) is 14.2 Å². The summed E-state index contributed by atoms with van der Waals surface area (Å²) in [5.74, 6) is 1.82. The van der Waals surface area contributed by atoms with Gasteiger partial charge in [-0.15, -0.1) is 0 Å². The molecule has 1 amide bonds. The third-order valence-electron chi connectivity index (χ3n) is 3.71. The second kappa shape index (κ2) is 8.24. The Morgan fingerprint density at radius 3 is 2.25 bits per heavy atom. The molecule has 2 rings (SSSR count). The molecule has 0 aliphatic heterocycles. The molecular weight excluding hydrogens is 306 g/mol. The molecule has 0 atom stereocenters. The van der Waals surface area contributed by atoms with Crippen molar-refractivity contribution in [3.05, 3.63) is 53.1 Å². The van der Waals surface area contributed by atoms with Gasteiger partial charge < -0.3 is 19.5 Å². The van der Waals surface area contributed by atoms with Crippen LogP contribution in [0.25, 0.3) is 0 Å². The Bertz CT molecular complexity index is 695. The lowest BCUT2D eigenvalue weighted by molar-refractivity contribution is -0.123. The molecule has 0 unspecified atom stereocenters. The standard InChI is InChI=1S/C19H23NO4/c1-13-5-7-16(8-6-13)24-12-19(21)20-11-15-10-18(23-4)17(22-3)9-14(15)2/h5-10H,11-12H2,1-4H3,(H,20,21). The summed E-state index contributed by atoms with van der Waals surface area (Å²) in [6, 6.07) is 11.3. The van der Waals surface area contributed by atoms with E-state index in [1.165, 1.54) is 0 Å². The molecule has 5 heteroatoms. The molecule has 0 saturated carbocycles. The SMILES string of the molecule is COc1cc(C)c(CNC(=O)COc2ccc(C)cc2)cc1OC. The number of hydrogen-bond donors (Lipinski definition) is 1. The Balaban J connectivity index is 1.90. The van der Waals surface area contributed by atoms with Crippen LogP contribution in [0.5, 0.6) is 17.2 Å². The van der Waals surface area contributed by atoms with Gasteiger partial charge in [-0.25, -0.2) is 0 Å². The minimum atomic E-state index is -0.176. The summed E-state index contributed by atoms with van der Waals surface area (Å²) >= 11 is 0. The van der Waals surface area contributed by atoms with E-state index in [0.717, 1.165) is 16.7 Å². The number of rotatable bonds is 7. The molecular formula is C19H23NO4. The average Bonchev–Trinajstić information content (AvgIpc) is 2.59. The second-order valence-electron chi connectivity index (χ2n) is 5.51. The van der Waals surface area contributed by atoms with Crippen LogP contribution in [-0.2, 0) is 11.3 Å². The van der Waals surface area contributed by atoms with Crippen molar-refractivity contribution in [2.45, 2.75) is 20.4 Å². The third kappa shape index (κ3) is 4.65. The number of benzene rings is 2. The summed E-state index contributed by atoms with van der Waals surface area (Å²) in [4.78, 5) is 12.0. The van der Waals surface area contributed by atoms with Gasteiger partial charge in [-0.2, -0.15) is 0 Å². The van der Waals surface area contributed by atoms with Crippen LogP contribution in [0.4, 0.5) is 0 Å². The van der Waals surface area contributed by atoms with Crippen LogP contribution in [0.2, 0.25) is 0 Å². The molecule has 0 saturated heterocycles. The van der Waals surface area contributed by atoms with Gasteiger partial charge in [0.15, 0.2) is 18.1 Å². The maximum absolute atomic E-state index is 12.0. The number of methoxy groups -OCH3 is 2. The molecule has 2 aromatic carbocycles. The maximum Gasteiger partial charge on any atom is 0.258 e. The molecule has 0 aliphatic rings. The molecule has 0 spiro atoms. The lowest BCUT2D eigenvalue weighted by Crippen LogP contribution is -2.28. The van der Waals surface area contributed by atoms with Gasteiger partial charge >= 0.3 is 0 Å². The van der Waals surface area contributed by atoms with Gasteiger partial charge in [0, 0.05) is 6.54 Å². The highest BCUT2D eigenvalue weighted by molar-refractivity contribution is 5.77. The van der Waals surface area contributed by atoms with Gasteiger partial charge in [-0.3, -0.25) is 4.79 Å². The predicted octanol–water partition coefficient (Wildman–Crippen LogP) is 3.02. The first-order valence-electron chi connectivity index (χ1n) is 7.71. The minimum absolute atomic E-state index is 0.0185. The first-order valence-corrected chi connectivity index (χ1v) is 7.71. The normalized spacial score (nSPS) is 10.2. The van der Waals surface area contributed by atoms with Crippen LogP contribution in [0, 0.1) is 13.8 Å². The average molecular weight is 329 g/mol. The van der Waals surface area contributed by atoms with Crippen molar-refractivity contribution in [2.24, 2.45) is 0 Å². The number of hydrogen-bond acceptors (Lipinski definition) is 4. The molecule has 1 N–H and O–H groups in total. The van der Waals surface area contributed by atoms with Gasteiger partial charge in [0.1, 0.15) is 5.75 Å². The van der Waals surface area contributed by atoms with E-state index >= 15 is 0 Å². The Kier molecular flexibility index (Phi) is 6.07. The predicted molar refractivity (Wildman–Crippen MR) is 92.8 cm³/mol. The molecule has 0 aromatic heterocycles. The molecule has 24 heavy (non-hydrogen) atoms. The largest absolute Gasteiger partial charge is 0.493 e. The zero-order chi connectivity index (χ0) is 17.5. The van der Waals surface area contributed by atoms with Crippen molar-refractivity contribution in [1.82, 2.24) is 5.32 Å². The molecule has 128 valence electrons. The number of ether oxygens (including phenoxy) is 3. The van der Waals surface area contributed by atoms with Crippen LogP contribution in [-0.4, -0.2) is 26.7 Å². The molecule has 0 bridgehead atoms. The number of carbonyl (C=O) groups excluding carboxylic acids is 1. The lowest BCUT2D eigenvalue weighted by Gasteiger charge is -2.13. The van der Waals surface area contributed by atoms with Crippen molar-refractivity contribution in [2.75, 3.05) is 20.8 Å². The second-order valence-corrected chi connectivity index (χ2v) is 5.51. The number of amides is 1. The Morgan fingerprint density at radius 1 is 1.00 bits per heavy atom. The van der Waals surface area contributed by atoms with E-state index in [1.54, 1.807) is 14.2 Å². The van der Waals surface area contributed by atoms with E-state index in [0.29, 0.717) is 23.8 Å². The van der Waals surface area contributed by atoms with Gasteiger partial charge in [0.2, 0.25) is 0 Å². The molecule has 5 nitrogen and oxygen atoms in total. The highest BCUT2D eigenvalue weighted by atomic mass is 16.5. The first kappa shape index (κ1) is 17.7. The van der Waals surface area contributed by atoms with E-state index in [-0.39, 0.29) is 12.5 Å². The molecule has 0 fully saturated rings. The molecule has 0 radical (unpaired) electrons. The number of carbonyl (C=O) groups is 1. The quantitative estimate of drug-likeness (QED) is 0.848. The molecule has 2 aromatic rings. The smallest absolute Gasteiger partial charge is 0.258 e. The summed E-state index contributed by atoms with van der Waals surface area (Å²) in [7, 11) is 3.19. The lowest BCUT2D eigenvalue weighted by atomic mass is 10.1. The highest BCUT2D eigenvalue weighted by Gasteiger charge is 2.10. The zero-order valence-corrected chi connectivity index (χ0v) is 14.5. The monoisotopic (exact) mass is 329 g/mol. The topological polar surface area (TPSA) is 56.8 Å². The third-order valence-corrected chi connectivity index (χ3v) is 3.71. The summed E-state index contributed by atoms with van der Waals surface area (Å²) < 4.78 is 16.0. The summed E-state index contributed by atoms with van der Waals surface area (Å²) in [5.41, 5.74) is 3.14. The Labute approximate surface area is 142 Å². The van der Waals surface area contributed by atoms with Gasteiger partial charge in [-0.1, -0.05) is 17.7 Å². The van der Waals surface area contributed by atoms with Crippen molar-refractivity contribution < 1.29 is 19.0 Å². The maximum atomic E-state index is 12.0. The van der Waals surface area contributed by atoms with E-state index in [9.17, 15) is 4.79 Å². The van der Waals surface area contributed by atoms with Crippen LogP contribution < -0.4 is 19.5 Å². The molecule has 0 heterocycles. The molecule has 0 aliphatic carbocycles. The van der Waals surface area contributed by atoms with Gasteiger partial charge in [0.25, 0.3) is 5.91 Å². The van der Waals surface area contributed by atoms with Crippen molar-refractivity contribution in [3.8, 4) is 17.2 Å². The van der Waals surface area contributed by atoms with E-state index < -0.39 is 0 Å². The summed E-state index contributed by atoms with van der Waals surface area (Å²) in [6.45, 7) is 4.35. The fraction of sp³-hybridized carbons (Fsp3) is 0.316. The summed E-state index contributed by atoms with van der Waals surface area (Å²) in [5, 5.41) is 2.85. The van der Waals surface area contributed by atoms with Crippen LogP contribution >= 0.6 is 0 Å². The van der Waals surface area contributed by atoms with Crippen molar-refractivity contribution >= 4 is 5.91 Å². The van der Waals surface area contributed by atoms with E-state index in [2.05, 4.69) is 5.32 Å². The van der Waals surface area contributed by atoms with Gasteiger partial charge in [-0.05, 0) is 49.2 Å². The fourth-order valence-corrected chi connectivity index (χ4v) is 2.24. The number of nitrogens with one attached hydrogen (secondary N) is 1. The van der Waals surface area contributed by atoms with Crippen LogP contribution in [0.1, 0.15) is 16.7 Å². The fourth-order valence-electron chi connectivity index (χ4n) is 2.24. The zero-order valence-electron chi connectivity index (χ0n) is 14.5. The summed E-state index contributed by atoms with van der Waals surface area (Å²) in [6.07, 6.45) is 0. The van der Waals surface area contributed by atoms with Crippen molar-refractivity contribution in [1.29, 1.82) is 0 Å². The van der Waals surface area contributed by atoms with Crippen molar-refractivity contribution in [3.63, 3.8) is 0 Å². The van der Waals surface area contributed by atoms with Crippen LogP contribution in [0.15, 0.2) is 36.4 Å².